The topological polar surface area (TPSA) is 63.3 Å². The predicted octanol–water partition coefficient (Wildman–Crippen LogP) is -0.145. The van der Waals surface area contributed by atoms with Crippen LogP contribution < -0.4 is 5.73 Å². The van der Waals surface area contributed by atoms with Crippen molar-refractivity contribution in [2.45, 2.75) is 25.0 Å². The fraction of sp³-hybridized carbons (Fsp3) is 1.00. The van der Waals surface area contributed by atoms with E-state index in [4.69, 9.17) is 10.8 Å². The molecule has 0 fully saturated rings. The highest BCUT2D eigenvalue weighted by atomic mass is 32.2. The van der Waals surface area contributed by atoms with Crippen molar-refractivity contribution in [3.05, 3.63) is 0 Å². The van der Waals surface area contributed by atoms with E-state index < -0.39 is 10.8 Å². The van der Waals surface area contributed by atoms with Crippen molar-refractivity contribution in [2.75, 3.05) is 18.9 Å². The fourth-order valence-corrected chi connectivity index (χ4v) is 1.99. The maximum atomic E-state index is 11.2. The zero-order valence-electron chi connectivity index (χ0n) is 6.95. The first-order valence-electron chi connectivity index (χ1n) is 3.90. The summed E-state index contributed by atoms with van der Waals surface area (Å²) in [7, 11) is -0.805. The van der Waals surface area contributed by atoms with E-state index in [0.717, 1.165) is 6.42 Å². The lowest BCUT2D eigenvalue weighted by molar-refractivity contribution is 0.296. The summed E-state index contributed by atoms with van der Waals surface area (Å²) in [6.45, 7) is 2.65. The Bertz CT molecular complexity index is 119. The van der Waals surface area contributed by atoms with E-state index in [9.17, 15) is 4.21 Å². The Kier molecular flexibility index (Phi) is 6.80. The van der Waals surface area contributed by atoms with Gasteiger partial charge in [-0.15, -0.1) is 0 Å². The number of rotatable bonds is 6. The summed E-state index contributed by atoms with van der Waals surface area (Å²) in [4.78, 5) is 0. The van der Waals surface area contributed by atoms with Crippen molar-refractivity contribution in [3.8, 4) is 0 Å². The number of hydrogen-bond acceptors (Lipinski definition) is 3. The molecule has 0 aliphatic heterocycles. The van der Waals surface area contributed by atoms with Gasteiger partial charge in [-0.1, -0.05) is 6.92 Å². The van der Waals surface area contributed by atoms with Crippen LogP contribution in [-0.4, -0.2) is 33.5 Å². The van der Waals surface area contributed by atoms with Crippen LogP contribution >= 0.6 is 0 Å². The van der Waals surface area contributed by atoms with Crippen LogP contribution in [-0.2, 0) is 10.8 Å². The molecule has 3 N–H and O–H groups in total. The highest BCUT2D eigenvalue weighted by molar-refractivity contribution is 7.85. The number of nitrogens with two attached hydrogens (primary N) is 1. The molecule has 11 heavy (non-hydrogen) atoms. The van der Waals surface area contributed by atoms with Gasteiger partial charge in [0.05, 0.1) is 0 Å². The summed E-state index contributed by atoms with van der Waals surface area (Å²) in [5.41, 5.74) is 5.31. The van der Waals surface area contributed by atoms with Crippen LogP contribution in [0.2, 0.25) is 0 Å². The van der Waals surface area contributed by atoms with Crippen molar-refractivity contribution in [1.29, 1.82) is 0 Å². The highest BCUT2D eigenvalue weighted by Gasteiger charge is 2.08. The summed E-state index contributed by atoms with van der Waals surface area (Å²) < 4.78 is 11.2. The highest BCUT2D eigenvalue weighted by Crippen LogP contribution is 2.01. The van der Waals surface area contributed by atoms with Crippen LogP contribution in [0.4, 0.5) is 0 Å². The molecule has 0 aliphatic rings. The van der Waals surface area contributed by atoms with Gasteiger partial charge in [0.25, 0.3) is 0 Å². The van der Waals surface area contributed by atoms with Crippen molar-refractivity contribution in [2.24, 2.45) is 5.73 Å². The molecule has 0 aromatic carbocycles. The monoisotopic (exact) mass is 179 g/mol. The first kappa shape index (κ1) is 11.1. The molecule has 0 bridgehead atoms. The second kappa shape index (κ2) is 6.76. The van der Waals surface area contributed by atoms with Gasteiger partial charge in [0.15, 0.2) is 0 Å². The molecular formula is C7H17NO2S. The second-order valence-corrected chi connectivity index (χ2v) is 4.52. The van der Waals surface area contributed by atoms with Gasteiger partial charge in [0.1, 0.15) is 0 Å². The summed E-state index contributed by atoms with van der Waals surface area (Å²) in [6, 6.07) is 0. The average molecular weight is 179 g/mol. The van der Waals surface area contributed by atoms with Gasteiger partial charge in [0, 0.05) is 28.4 Å². The minimum atomic E-state index is -0.805. The van der Waals surface area contributed by atoms with Gasteiger partial charge >= 0.3 is 0 Å². The number of hydrogen-bond donors (Lipinski definition) is 2. The van der Waals surface area contributed by atoms with Crippen LogP contribution in [0.3, 0.4) is 0 Å². The largest absolute Gasteiger partial charge is 0.396 e. The number of aliphatic hydroxyl groups excluding tert-OH is 1. The standard InChI is InChI=1S/C7H17NO2S/c1-7(3-4-8)11(10)6-2-5-9/h7,9H,2-6,8H2,1H3. The molecule has 0 aromatic heterocycles. The van der Waals surface area contributed by atoms with Crippen LogP contribution in [0.5, 0.6) is 0 Å². The Morgan fingerprint density at radius 3 is 2.73 bits per heavy atom. The van der Waals surface area contributed by atoms with Gasteiger partial charge in [-0.2, -0.15) is 0 Å². The minimum absolute atomic E-state index is 0.126. The molecule has 0 rings (SSSR count). The van der Waals surface area contributed by atoms with Crippen LogP contribution in [0.15, 0.2) is 0 Å². The lowest BCUT2D eigenvalue weighted by Gasteiger charge is -2.08. The lowest BCUT2D eigenvalue weighted by atomic mass is 10.3. The Morgan fingerprint density at radius 1 is 1.64 bits per heavy atom. The molecule has 0 spiro atoms. The van der Waals surface area contributed by atoms with Crippen molar-refractivity contribution >= 4 is 10.8 Å². The Labute approximate surface area is 70.4 Å². The maximum absolute atomic E-state index is 11.2. The van der Waals surface area contributed by atoms with Gasteiger partial charge in [-0.3, -0.25) is 4.21 Å². The van der Waals surface area contributed by atoms with E-state index >= 15 is 0 Å². The molecule has 0 aromatic rings. The molecular weight excluding hydrogens is 162 g/mol. The van der Waals surface area contributed by atoms with E-state index in [1.54, 1.807) is 0 Å². The molecule has 0 heterocycles. The average Bonchev–Trinajstić information content (AvgIpc) is 2.00. The normalized spacial score (nSPS) is 16.3. The summed E-state index contributed by atoms with van der Waals surface area (Å²) in [5, 5.41) is 8.64. The zero-order chi connectivity index (χ0) is 8.69. The predicted molar refractivity (Wildman–Crippen MR) is 47.8 cm³/mol. The lowest BCUT2D eigenvalue weighted by Crippen LogP contribution is -2.18. The molecule has 0 amide bonds. The molecule has 2 unspecified atom stereocenters. The van der Waals surface area contributed by atoms with Crippen molar-refractivity contribution in [1.82, 2.24) is 0 Å². The fourth-order valence-electron chi connectivity index (χ4n) is 0.774. The summed E-state index contributed by atoms with van der Waals surface area (Å²) >= 11 is 0. The first-order chi connectivity index (χ1) is 5.22. The Balaban J connectivity index is 3.47. The summed E-state index contributed by atoms with van der Waals surface area (Å²) in [5.74, 6) is 0.595. The third-order valence-electron chi connectivity index (χ3n) is 1.53. The van der Waals surface area contributed by atoms with E-state index in [2.05, 4.69) is 0 Å². The van der Waals surface area contributed by atoms with E-state index in [1.807, 2.05) is 6.92 Å². The van der Waals surface area contributed by atoms with Crippen molar-refractivity contribution in [3.63, 3.8) is 0 Å². The molecule has 68 valence electrons. The summed E-state index contributed by atoms with van der Waals surface area (Å²) in [6.07, 6.45) is 1.43. The molecule has 0 radical (unpaired) electrons. The molecule has 3 nitrogen and oxygen atoms in total. The van der Waals surface area contributed by atoms with E-state index in [0.29, 0.717) is 18.7 Å². The van der Waals surface area contributed by atoms with Crippen LogP contribution in [0.25, 0.3) is 0 Å². The minimum Gasteiger partial charge on any atom is -0.396 e. The third-order valence-corrected chi connectivity index (χ3v) is 3.35. The maximum Gasteiger partial charge on any atom is 0.0439 e. The van der Waals surface area contributed by atoms with Gasteiger partial charge in [-0.25, -0.2) is 0 Å². The molecule has 0 aliphatic carbocycles. The van der Waals surface area contributed by atoms with Crippen LogP contribution in [0.1, 0.15) is 19.8 Å². The quantitative estimate of drug-likeness (QED) is 0.596. The van der Waals surface area contributed by atoms with Crippen LogP contribution in [0, 0.1) is 0 Å². The van der Waals surface area contributed by atoms with Gasteiger partial charge in [-0.05, 0) is 19.4 Å². The molecule has 4 heteroatoms. The molecule has 0 saturated heterocycles. The van der Waals surface area contributed by atoms with Gasteiger partial charge < -0.3 is 10.8 Å². The Hall–Kier alpha value is 0.0700. The first-order valence-corrected chi connectivity index (χ1v) is 5.28. The second-order valence-electron chi connectivity index (χ2n) is 2.55. The molecule has 0 saturated carbocycles. The third kappa shape index (κ3) is 5.35. The van der Waals surface area contributed by atoms with Gasteiger partial charge in [0.2, 0.25) is 0 Å². The van der Waals surface area contributed by atoms with E-state index in [1.165, 1.54) is 0 Å². The zero-order valence-corrected chi connectivity index (χ0v) is 7.77. The van der Waals surface area contributed by atoms with E-state index in [-0.39, 0.29) is 11.9 Å². The number of aliphatic hydroxyl groups is 1. The Morgan fingerprint density at radius 2 is 2.27 bits per heavy atom. The van der Waals surface area contributed by atoms with Crippen molar-refractivity contribution < 1.29 is 9.32 Å². The smallest absolute Gasteiger partial charge is 0.0439 e. The molecule has 2 atom stereocenters. The SMILES string of the molecule is CC(CCN)S(=O)CCCO.